The molecule has 0 bridgehead atoms. The number of hydrogen-bond acceptors (Lipinski definition) is 4. The summed E-state index contributed by atoms with van der Waals surface area (Å²) in [5, 5.41) is 4.23. The smallest absolute Gasteiger partial charge is 0.258 e. The third kappa shape index (κ3) is 4.21. The highest BCUT2D eigenvalue weighted by Crippen LogP contribution is 2.35. The third-order valence-electron chi connectivity index (χ3n) is 4.84. The van der Waals surface area contributed by atoms with E-state index in [2.05, 4.69) is 29.7 Å². The van der Waals surface area contributed by atoms with Crippen molar-refractivity contribution in [2.45, 2.75) is 59.5 Å². The summed E-state index contributed by atoms with van der Waals surface area (Å²) in [6.45, 7) is 12.1. The zero-order valence-corrected chi connectivity index (χ0v) is 16.7. The van der Waals surface area contributed by atoms with Crippen LogP contribution in [0.3, 0.4) is 0 Å². The molecule has 4 heteroatoms. The van der Waals surface area contributed by atoms with E-state index in [1.165, 1.54) is 24.0 Å². The van der Waals surface area contributed by atoms with Gasteiger partial charge in [0, 0.05) is 11.1 Å². The first-order chi connectivity index (χ1) is 13.0. The van der Waals surface area contributed by atoms with Gasteiger partial charge in [0.2, 0.25) is 5.82 Å². The lowest BCUT2D eigenvalue weighted by Crippen LogP contribution is -2.06. The van der Waals surface area contributed by atoms with Crippen LogP contribution in [-0.2, 0) is 0 Å². The summed E-state index contributed by atoms with van der Waals surface area (Å²) < 4.78 is 11.4. The molecule has 27 heavy (non-hydrogen) atoms. The molecule has 1 aliphatic rings. The SMILES string of the molecule is C=C/C(=C1/CCCC/C1=C/C)c1noc(-c2ccc(OC(C)C)c(C)c2)n1. The fourth-order valence-electron chi connectivity index (χ4n) is 3.52. The predicted molar refractivity (Wildman–Crippen MR) is 110 cm³/mol. The van der Waals surface area contributed by atoms with Gasteiger partial charge in [-0.15, -0.1) is 0 Å². The molecule has 0 amide bonds. The Hall–Kier alpha value is -2.62. The van der Waals surface area contributed by atoms with Gasteiger partial charge >= 0.3 is 0 Å². The minimum absolute atomic E-state index is 0.141. The van der Waals surface area contributed by atoms with Gasteiger partial charge < -0.3 is 9.26 Å². The van der Waals surface area contributed by atoms with Crippen LogP contribution in [0.25, 0.3) is 17.0 Å². The summed E-state index contributed by atoms with van der Waals surface area (Å²) in [7, 11) is 0. The zero-order valence-electron chi connectivity index (χ0n) is 16.7. The van der Waals surface area contributed by atoms with E-state index in [4.69, 9.17) is 9.26 Å². The standard InChI is InChI=1S/C23H28N2O2/c1-6-17-10-8-9-11-20(17)19(7-2)22-24-23(27-25-22)18-12-13-21(16(5)14-18)26-15(3)4/h6-7,12-15H,2,8-11H2,1,3-5H3/b17-6-,20-19+. The molecule has 1 fully saturated rings. The van der Waals surface area contributed by atoms with Gasteiger partial charge in [0.1, 0.15) is 5.75 Å². The zero-order chi connectivity index (χ0) is 19.4. The van der Waals surface area contributed by atoms with Crippen LogP contribution in [0.2, 0.25) is 0 Å². The van der Waals surface area contributed by atoms with E-state index in [0.717, 1.165) is 35.3 Å². The molecule has 1 saturated carbocycles. The first-order valence-electron chi connectivity index (χ1n) is 9.66. The van der Waals surface area contributed by atoms with Crippen LogP contribution in [0.4, 0.5) is 0 Å². The predicted octanol–water partition coefficient (Wildman–Crippen LogP) is 6.29. The molecule has 4 nitrogen and oxygen atoms in total. The molecule has 1 heterocycles. The fourth-order valence-corrected chi connectivity index (χ4v) is 3.52. The van der Waals surface area contributed by atoms with Gasteiger partial charge in [0.25, 0.3) is 5.89 Å². The topological polar surface area (TPSA) is 48.2 Å². The van der Waals surface area contributed by atoms with Crippen molar-refractivity contribution in [2.75, 3.05) is 0 Å². The number of aryl methyl sites for hydroxylation is 1. The van der Waals surface area contributed by atoms with E-state index in [9.17, 15) is 0 Å². The molecule has 1 aromatic heterocycles. The molecule has 2 aromatic rings. The van der Waals surface area contributed by atoms with Gasteiger partial charge in [-0.25, -0.2) is 0 Å². The van der Waals surface area contributed by atoms with Crippen LogP contribution in [0.15, 0.2) is 52.6 Å². The maximum Gasteiger partial charge on any atom is 0.258 e. The monoisotopic (exact) mass is 364 g/mol. The molecule has 0 unspecified atom stereocenters. The molecular weight excluding hydrogens is 336 g/mol. The van der Waals surface area contributed by atoms with Crippen LogP contribution >= 0.6 is 0 Å². The summed E-state index contributed by atoms with van der Waals surface area (Å²) in [6, 6.07) is 5.94. The Balaban J connectivity index is 1.94. The van der Waals surface area contributed by atoms with Crippen LogP contribution in [0.1, 0.15) is 57.8 Å². The number of rotatable bonds is 5. The molecule has 1 aliphatic carbocycles. The Labute approximate surface area is 161 Å². The first kappa shape index (κ1) is 19.2. The minimum Gasteiger partial charge on any atom is -0.491 e. The van der Waals surface area contributed by atoms with Crippen molar-refractivity contribution >= 4 is 5.57 Å². The van der Waals surface area contributed by atoms with Crippen molar-refractivity contribution in [3.05, 3.63) is 59.5 Å². The van der Waals surface area contributed by atoms with E-state index in [1.807, 2.05) is 45.0 Å². The van der Waals surface area contributed by atoms with Gasteiger partial charge in [-0.1, -0.05) is 23.9 Å². The lowest BCUT2D eigenvalue weighted by Gasteiger charge is -2.19. The Morgan fingerprint density at radius 1 is 1.26 bits per heavy atom. The molecule has 0 radical (unpaired) electrons. The lowest BCUT2D eigenvalue weighted by molar-refractivity contribution is 0.241. The van der Waals surface area contributed by atoms with Gasteiger partial charge in [-0.05, 0) is 88.3 Å². The molecule has 0 aliphatic heterocycles. The number of allylic oxidation sites excluding steroid dienone is 5. The summed E-state index contributed by atoms with van der Waals surface area (Å²) >= 11 is 0. The highest BCUT2D eigenvalue weighted by atomic mass is 16.5. The molecule has 0 atom stereocenters. The van der Waals surface area contributed by atoms with E-state index < -0.39 is 0 Å². The number of hydrogen-bond donors (Lipinski definition) is 0. The van der Waals surface area contributed by atoms with Gasteiger partial charge in [0.15, 0.2) is 0 Å². The fraction of sp³-hybridized carbons (Fsp3) is 0.391. The van der Waals surface area contributed by atoms with Gasteiger partial charge in [-0.2, -0.15) is 4.98 Å². The van der Waals surface area contributed by atoms with E-state index in [0.29, 0.717) is 11.7 Å². The Kier molecular flexibility index (Phi) is 5.94. The lowest BCUT2D eigenvalue weighted by atomic mass is 9.86. The third-order valence-corrected chi connectivity index (χ3v) is 4.84. The van der Waals surface area contributed by atoms with Crippen LogP contribution in [0, 0.1) is 6.92 Å². The van der Waals surface area contributed by atoms with Gasteiger partial charge in [0.05, 0.1) is 6.10 Å². The van der Waals surface area contributed by atoms with Crippen molar-refractivity contribution in [1.29, 1.82) is 0 Å². The molecule has 1 aromatic carbocycles. The van der Waals surface area contributed by atoms with Crippen molar-refractivity contribution in [3.63, 3.8) is 0 Å². The maximum absolute atomic E-state index is 5.81. The Morgan fingerprint density at radius 2 is 2.04 bits per heavy atom. The van der Waals surface area contributed by atoms with Crippen molar-refractivity contribution in [3.8, 4) is 17.2 Å². The van der Waals surface area contributed by atoms with E-state index >= 15 is 0 Å². The van der Waals surface area contributed by atoms with Crippen molar-refractivity contribution in [1.82, 2.24) is 10.1 Å². The highest BCUT2D eigenvalue weighted by Gasteiger charge is 2.19. The Bertz CT molecular complexity index is 888. The summed E-state index contributed by atoms with van der Waals surface area (Å²) in [5.74, 6) is 2.00. The van der Waals surface area contributed by atoms with Crippen LogP contribution in [-0.4, -0.2) is 16.2 Å². The van der Waals surface area contributed by atoms with E-state index in [1.54, 1.807) is 0 Å². The normalized spacial score (nSPS) is 18.0. The second-order valence-electron chi connectivity index (χ2n) is 7.19. The summed E-state index contributed by atoms with van der Waals surface area (Å²) in [4.78, 5) is 4.65. The second-order valence-corrected chi connectivity index (χ2v) is 7.19. The summed E-state index contributed by atoms with van der Waals surface area (Å²) in [6.07, 6.45) is 8.73. The first-order valence-corrected chi connectivity index (χ1v) is 9.66. The number of nitrogens with zero attached hydrogens (tertiary/aromatic N) is 2. The van der Waals surface area contributed by atoms with Crippen LogP contribution in [0.5, 0.6) is 5.75 Å². The quantitative estimate of drug-likeness (QED) is 0.625. The number of benzene rings is 1. The average molecular weight is 364 g/mol. The van der Waals surface area contributed by atoms with E-state index in [-0.39, 0.29) is 6.10 Å². The number of aromatic nitrogens is 2. The summed E-state index contributed by atoms with van der Waals surface area (Å²) in [5.41, 5.74) is 5.59. The largest absolute Gasteiger partial charge is 0.491 e. The Morgan fingerprint density at radius 3 is 2.70 bits per heavy atom. The second kappa shape index (κ2) is 8.38. The average Bonchev–Trinajstić information content (AvgIpc) is 3.14. The van der Waals surface area contributed by atoms with Crippen molar-refractivity contribution < 1.29 is 9.26 Å². The molecule has 0 spiro atoms. The molecule has 0 N–H and O–H groups in total. The highest BCUT2D eigenvalue weighted by molar-refractivity contribution is 5.76. The maximum atomic E-state index is 5.81. The minimum atomic E-state index is 0.141. The van der Waals surface area contributed by atoms with Crippen LogP contribution < -0.4 is 4.74 Å². The number of ether oxygens (including phenoxy) is 1. The molecule has 142 valence electrons. The molecule has 3 rings (SSSR count). The molecule has 0 saturated heterocycles. The van der Waals surface area contributed by atoms with Gasteiger partial charge in [-0.3, -0.25) is 0 Å². The molecular formula is C23H28N2O2. The van der Waals surface area contributed by atoms with Crippen molar-refractivity contribution in [2.24, 2.45) is 0 Å².